The first-order valence-corrected chi connectivity index (χ1v) is 6.51. The lowest BCUT2D eigenvalue weighted by Crippen LogP contribution is -1.95. The Hall–Kier alpha value is -2.69. The number of benzene rings is 2. The van der Waals surface area contributed by atoms with E-state index < -0.39 is 0 Å². The molecular formula is C16H14FN3O. The van der Waals surface area contributed by atoms with Gasteiger partial charge in [0, 0.05) is 11.3 Å². The molecule has 21 heavy (non-hydrogen) atoms. The Kier molecular flexibility index (Phi) is 3.17. The molecule has 2 aromatic carbocycles. The van der Waals surface area contributed by atoms with E-state index in [4.69, 9.17) is 10.3 Å². The van der Waals surface area contributed by atoms with Crippen LogP contribution in [-0.2, 0) is 0 Å². The van der Waals surface area contributed by atoms with Gasteiger partial charge in [0.25, 0.3) is 5.89 Å². The van der Waals surface area contributed by atoms with E-state index in [1.807, 2.05) is 26.0 Å². The highest BCUT2D eigenvalue weighted by molar-refractivity contribution is 5.75. The van der Waals surface area contributed by atoms with Crippen molar-refractivity contribution < 1.29 is 8.91 Å². The maximum atomic E-state index is 12.9. The summed E-state index contributed by atoms with van der Waals surface area (Å²) in [6.45, 7) is 3.91. The van der Waals surface area contributed by atoms with Crippen LogP contribution in [0.1, 0.15) is 11.1 Å². The highest BCUT2D eigenvalue weighted by atomic mass is 19.1. The molecule has 106 valence electrons. The molecule has 0 aliphatic carbocycles. The zero-order valence-electron chi connectivity index (χ0n) is 11.7. The topological polar surface area (TPSA) is 64.9 Å². The standard InChI is InChI=1S/C16H14FN3O/c1-9-7-10(2)14(18)13(8-9)16-19-15(20-21-16)11-3-5-12(17)6-4-11/h3-8H,18H2,1-2H3. The zero-order chi connectivity index (χ0) is 15.0. The second kappa shape index (κ2) is 5.01. The van der Waals surface area contributed by atoms with Gasteiger partial charge in [-0.2, -0.15) is 4.98 Å². The highest BCUT2D eigenvalue weighted by Gasteiger charge is 2.14. The van der Waals surface area contributed by atoms with Gasteiger partial charge in [0.1, 0.15) is 5.82 Å². The van der Waals surface area contributed by atoms with E-state index in [1.54, 1.807) is 12.1 Å². The Labute approximate surface area is 121 Å². The number of anilines is 1. The van der Waals surface area contributed by atoms with Crippen LogP contribution in [0.4, 0.5) is 10.1 Å². The van der Waals surface area contributed by atoms with E-state index in [1.165, 1.54) is 12.1 Å². The minimum atomic E-state index is -0.305. The van der Waals surface area contributed by atoms with E-state index in [-0.39, 0.29) is 5.82 Å². The van der Waals surface area contributed by atoms with Gasteiger partial charge in [-0.15, -0.1) is 0 Å². The van der Waals surface area contributed by atoms with E-state index in [9.17, 15) is 4.39 Å². The number of rotatable bonds is 2. The van der Waals surface area contributed by atoms with Gasteiger partial charge in [-0.1, -0.05) is 11.2 Å². The molecule has 0 atom stereocenters. The van der Waals surface area contributed by atoms with Crippen molar-refractivity contribution in [2.45, 2.75) is 13.8 Å². The average Bonchev–Trinajstić information content (AvgIpc) is 2.93. The molecule has 0 aliphatic heterocycles. The van der Waals surface area contributed by atoms with Crippen molar-refractivity contribution in [3.63, 3.8) is 0 Å². The van der Waals surface area contributed by atoms with Crippen molar-refractivity contribution in [3.05, 3.63) is 53.3 Å². The van der Waals surface area contributed by atoms with Crippen LogP contribution in [0.2, 0.25) is 0 Å². The second-order valence-electron chi connectivity index (χ2n) is 4.97. The largest absolute Gasteiger partial charge is 0.398 e. The van der Waals surface area contributed by atoms with Crippen molar-refractivity contribution in [1.29, 1.82) is 0 Å². The summed E-state index contributed by atoms with van der Waals surface area (Å²) < 4.78 is 18.2. The molecule has 0 saturated carbocycles. The fourth-order valence-corrected chi connectivity index (χ4v) is 2.20. The predicted molar refractivity (Wildman–Crippen MR) is 79.0 cm³/mol. The minimum absolute atomic E-state index is 0.305. The van der Waals surface area contributed by atoms with Crippen LogP contribution in [0.5, 0.6) is 0 Å². The van der Waals surface area contributed by atoms with Crippen LogP contribution in [-0.4, -0.2) is 10.1 Å². The maximum Gasteiger partial charge on any atom is 0.260 e. The molecule has 1 heterocycles. The summed E-state index contributed by atoms with van der Waals surface area (Å²) in [5.41, 5.74) is 10.1. The number of nitrogens with zero attached hydrogens (tertiary/aromatic N) is 2. The Morgan fingerprint density at radius 2 is 1.81 bits per heavy atom. The molecule has 2 N–H and O–H groups in total. The third-order valence-electron chi connectivity index (χ3n) is 3.29. The van der Waals surface area contributed by atoms with E-state index in [0.717, 1.165) is 11.1 Å². The average molecular weight is 283 g/mol. The second-order valence-corrected chi connectivity index (χ2v) is 4.97. The van der Waals surface area contributed by atoms with Gasteiger partial charge in [0.15, 0.2) is 0 Å². The van der Waals surface area contributed by atoms with E-state index in [0.29, 0.717) is 28.5 Å². The Balaban J connectivity index is 2.04. The summed E-state index contributed by atoms with van der Waals surface area (Å²) in [6.07, 6.45) is 0. The molecule has 5 heteroatoms. The lowest BCUT2D eigenvalue weighted by Gasteiger charge is -2.06. The first-order valence-electron chi connectivity index (χ1n) is 6.51. The van der Waals surface area contributed by atoms with Crippen molar-refractivity contribution in [1.82, 2.24) is 10.1 Å². The van der Waals surface area contributed by atoms with Crippen LogP contribution in [0.15, 0.2) is 40.9 Å². The molecule has 0 unspecified atom stereocenters. The first-order chi connectivity index (χ1) is 10.0. The van der Waals surface area contributed by atoms with Crippen LogP contribution in [0.25, 0.3) is 22.8 Å². The van der Waals surface area contributed by atoms with Gasteiger partial charge in [-0.05, 0) is 55.3 Å². The van der Waals surface area contributed by atoms with Crippen LogP contribution < -0.4 is 5.73 Å². The van der Waals surface area contributed by atoms with Gasteiger partial charge in [-0.3, -0.25) is 0 Å². The van der Waals surface area contributed by atoms with Crippen LogP contribution in [0.3, 0.4) is 0 Å². The van der Waals surface area contributed by atoms with Crippen molar-refractivity contribution >= 4 is 5.69 Å². The van der Waals surface area contributed by atoms with Gasteiger partial charge in [0.2, 0.25) is 5.82 Å². The number of nitrogen functional groups attached to an aromatic ring is 1. The Bertz CT molecular complexity index is 794. The zero-order valence-corrected chi connectivity index (χ0v) is 11.7. The van der Waals surface area contributed by atoms with Gasteiger partial charge < -0.3 is 10.3 Å². The third kappa shape index (κ3) is 2.50. The summed E-state index contributed by atoms with van der Waals surface area (Å²) in [7, 11) is 0. The molecular weight excluding hydrogens is 269 g/mol. The summed E-state index contributed by atoms with van der Waals surface area (Å²) >= 11 is 0. The smallest absolute Gasteiger partial charge is 0.260 e. The molecule has 0 aliphatic rings. The van der Waals surface area contributed by atoms with Crippen LogP contribution >= 0.6 is 0 Å². The Morgan fingerprint density at radius 1 is 1.10 bits per heavy atom. The van der Waals surface area contributed by atoms with E-state index in [2.05, 4.69) is 10.1 Å². The molecule has 1 aromatic heterocycles. The normalized spacial score (nSPS) is 10.8. The lowest BCUT2D eigenvalue weighted by molar-refractivity contribution is 0.432. The molecule has 0 fully saturated rings. The summed E-state index contributed by atoms with van der Waals surface area (Å²) in [5, 5.41) is 3.93. The Morgan fingerprint density at radius 3 is 2.52 bits per heavy atom. The number of aryl methyl sites for hydroxylation is 2. The molecule has 3 rings (SSSR count). The van der Waals surface area contributed by atoms with Crippen LogP contribution in [0, 0.1) is 19.7 Å². The number of nitrogens with two attached hydrogens (primary N) is 1. The first kappa shape index (κ1) is 13.3. The molecule has 4 nitrogen and oxygen atoms in total. The number of halogens is 1. The highest BCUT2D eigenvalue weighted by Crippen LogP contribution is 2.30. The minimum Gasteiger partial charge on any atom is -0.398 e. The summed E-state index contributed by atoms with van der Waals surface area (Å²) in [6, 6.07) is 9.83. The molecule has 0 saturated heterocycles. The van der Waals surface area contributed by atoms with Gasteiger partial charge in [0.05, 0.1) is 5.56 Å². The number of hydrogen-bond acceptors (Lipinski definition) is 4. The molecule has 0 amide bonds. The quantitative estimate of drug-likeness (QED) is 0.727. The van der Waals surface area contributed by atoms with Crippen molar-refractivity contribution in [2.24, 2.45) is 0 Å². The van der Waals surface area contributed by atoms with Crippen molar-refractivity contribution in [2.75, 3.05) is 5.73 Å². The number of aromatic nitrogens is 2. The predicted octanol–water partition coefficient (Wildman–Crippen LogP) is 3.74. The third-order valence-corrected chi connectivity index (χ3v) is 3.29. The summed E-state index contributed by atoms with van der Waals surface area (Å²) in [4.78, 5) is 4.34. The van der Waals surface area contributed by atoms with Gasteiger partial charge in [-0.25, -0.2) is 4.39 Å². The van der Waals surface area contributed by atoms with E-state index >= 15 is 0 Å². The SMILES string of the molecule is Cc1cc(C)c(N)c(-c2nc(-c3ccc(F)cc3)no2)c1. The van der Waals surface area contributed by atoms with Crippen molar-refractivity contribution in [3.8, 4) is 22.8 Å². The lowest BCUT2D eigenvalue weighted by atomic mass is 10.0. The number of hydrogen-bond donors (Lipinski definition) is 1. The molecule has 0 bridgehead atoms. The fourth-order valence-electron chi connectivity index (χ4n) is 2.20. The molecule has 0 radical (unpaired) electrons. The fraction of sp³-hybridized carbons (Fsp3) is 0.125. The summed E-state index contributed by atoms with van der Waals surface area (Å²) in [5.74, 6) is 0.461. The molecule has 3 aromatic rings. The maximum absolute atomic E-state index is 12.9. The molecule has 0 spiro atoms. The van der Waals surface area contributed by atoms with Gasteiger partial charge >= 0.3 is 0 Å². The monoisotopic (exact) mass is 283 g/mol.